The van der Waals surface area contributed by atoms with E-state index in [0.717, 1.165) is 24.8 Å². The third kappa shape index (κ3) is 11.3. The molecule has 2 aromatic carbocycles. The normalized spacial score (nSPS) is 10.9. The Morgan fingerprint density at radius 1 is 0.875 bits per heavy atom. The first-order valence-electron chi connectivity index (χ1n) is 10.1. The summed E-state index contributed by atoms with van der Waals surface area (Å²) in [5, 5.41) is 4.64. The van der Waals surface area contributed by atoms with Crippen LogP contribution in [0, 0.1) is 0 Å². The zero-order valence-corrected chi connectivity index (χ0v) is 20.5. The number of nitrogens with zero attached hydrogens (tertiary/aromatic N) is 1. The Morgan fingerprint density at radius 2 is 1.59 bits per heavy atom. The Bertz CT molecular complexity index is 835. The number of oxime groups is 1. The van der Waals surface area contributed by atoms with Crippen molar-refractivity contribution in [2.75, 3.05) is 26.4 Å². The van der Waals surface area contributed by atoms with Crippen LogP contribution in [0.15, 0.2) is 58.2 Å². The van der Waals surface area contributed by atoms with Gasteiger partial charge in [0.1, 0.15) is 23.5 Å². The average Bonchev–Trinajstić information content (AvgIpc) is 2.76. The van der Waals surface area contributed by atoms with E-state index in [1.54, 1.807) is 18.3 Å². The lowest BCUT2D eigenvalue weighted by atomic mass is 10.2. The lowest BCUT2D eigenvalue weighted by Gasteiger charge is -2.12. The predicted molar refractivity (Wildman–Crippen MR) is 132 cm³/mol. The lowest BCUT2D eigenvalue weighted by Crippen LogP contribution is -2.02. The molecule has 2 rings (SSSR count). The van der Waals surface area contributed by atoms with Crippen LogP contribution in [-0.2, 0) is 16.2 Å². The van der Waals surface area contributed by atoms with Crippen LogP contribution in [0.2, 0.25) is 10.0 Å². The van der Waals surface area contributed by atoms with Crippen LogP contribution in [0.5, 0.6) is 11.5 Å². The molecule has 0 spiro atoms. The third-order valence-corrected chi connectivity index (χ3v) is 4.92. The van der Waals surface area contributed by atoms with Crippen molar-refractivity contribution in [2.24, 2.45) is 5.16 Å². The summed E-state index contributed by atoms with van der Waals surface area (Å²) in [4.78, 5) is 5.21. The van der Waals surface area contributed by atoms with Crippen LogP contribution in [-0.4, -0.2) is 32.6 Å². The van der Waals surface area contributed by atoms with Crippen molar-refractivity contribution in [1.29, 1.82) is 0 Å². The molecular formula is C23H25Cl4NO4. The minimum atomic E-state index is 0.133. The van der Waals surface area contributed by atoms with Crippen molar-refractivity contribution in [3.05, 3.63) is 68.6 Å². The second-order valence-electron chi connectivity index (χ2n) is 6.55. The van der Waals surface area contributed by atoms with Gasteiger partial charge in [0.25, 0.3) is 0 Å². The molecule has 0 aliphatic rings. The van der Waals surface area contributed by atoms with Crippen molar-refractivity contribution in [3.63, 3.8) is 0 Å². The SMILES string of the molecule is ClC(Cl)=CCOc1cc(Cl)c(OCCCCCOCC=NOCc2ccccc2)c(Cl)c1. The van der Waals surface area contributed by atoms with Crippen molar-refractivity contribution in [2.45, 2.75) is 25.9 Å². The zero-order chi connectivity index (χ0) is 23.0. The summed E-state index contributed by atoms with van der Waals surface area (Å²) in [7, 11) is 0. The van der Waals surface area contributed by atoms with Gasteiger partial charge in [0.15, 0.2) is 5.75 Å². The summed E-state index contributed by atoms with van der Waals surface area (Å²) >= 11 is 23.6. The van der Waals surface area contributed by atoms with Crippen LogP contribution in [0.25, 0.3) is 0 Å². The van der Waals surface area contributed by atoms with Crippen molar-refractivity contribution in [1.82, 2.24) is 0 Å². The van der Waals surface area contributed by atoms with E-state index in [1.165, 1.54) is 6.08 Å². The van der Waals surface area contributed by atoms with E-state index in [2.05, 4.69) is 5.16 Å². The number of unbranched alkanes of at least 4 members (excludes halogenated alkanes) is 2. The van der Waals surface area contributed by atoms with E-state index in [0.29, 0.717) is 48.0 Å². The summed E-state index contributed by atoms with van der Waals surface area (Å²) < 4.78 is 16.8. The number of rotatable bonds is 15. The topological polar surface area (TPSA) is 49.3 Å². The monoisotopic (exact) mass is 519 g/mol. The number of hydrogen-bond donors (Lipinski definition) is 0. The molecule has 0 amide bonds. The molecule has 9 heteroatoms. The molecule has 0 fully saturated rings. The molecule has 0 radical (unpaired) electrons. The fraction of sp³-hybridized carbons (Fsp3) is 0.348. The summed E-state index contributed by atoms with van der Waals surface area (Å²) in [6.07, 6.45) is 5.84. The van der Waals surface area contributed by atoms with E-state index in [9.17, 15) is 0 Å². The van der Waals surface area contributed by atoms with Crippen LogP contribution >= 0.6 is 46.4 Å². The van der Waals surface area contributed by atoms with Gasteiger partial charge in [-0.25, -0.2) is 0 Å². The van der Waals surface area contributed by atoms with Gasteiger partial charge in [-0.15, -0.1) is 0 Å². The Hall–Kier alpha value is -1.63. The molecule has 0 aliphatic heterocycles. The standard InChI is InChI=1S/C23H25Cl4NO4/c24-20-15-19(30-13-9-22(26)27)16-21(25)23(20)31-12-6-2-5-11-29-14-10-28-32-17-18-7-3-1-4-8-18/h1,3-4,7-10,15-16H,2,5-6,11-14,17H2. The van der Waals surface area contributed by atoms with Crippen molar-refractivity contribution < 1.29 is 19.0 Å². The van der Waals surface area contributed by atoms with E-state index in [-0.39, 0.29) is 11.1 Å². The maximum atomic E-state index is 6.24. The molecule has 0 bridgehead atoms. The van der Waals surface area contributed by atoms with Gasteiger partial charge in [-0.1, -0.05) is 81.9 Å². The number of hydrogen-bond acceptors (Lipinski definition) is 5. The minimum Gasteiger partial charge on any atom is -0.490 e. The largest absolute Gasteiger partial charge is 0.490 e. The highest BCUT2D eigenvalue weighted by Gasteiger charge is 2.10. The Kier molecular flexibility index (Phi) is 13.4. The molecule has 174 valence electrons. The molecule has 0 N–H and O–H groups in total. The van der Waals surface area contributed by atoms with Crippen LogP contribution in [0.1, 0.15) is 24.8 Å². The van der Waals surface area contributed by atoms with Gasteiger partial charge >= 0.3 is 0 Å². The van der Waals surface area contributed by atoms with Gasteiger partial charge in [0.2, 0.25) is 0 Å². The Balaban J connectivity index is 1.52. The molecule has 0 aliphatic carbocycles. The molecule has 2 aromatic rings. The van der Waals surface area contributed by atoms with Crippen LogP contribution in [0.4, 0.5) is 0 Å². The first-order chi connectivity index (χ1) is 15.6. The molecule has 32 heavy (non-hydrogen) atoms. The quantitative estimate of drug-likeness (QED) is 0.139. The highest BCUT2D eigenvalue weighted by Crippen LogP contribution is 2.37. The number of benzene rings is 2. The van der Waals surface area contributed by atoms with Crippen LogP contribution in [0.3, 0.4) is 0 Å². The van der Waals surface area contributed by atoms with E-state index in [4.69, 9.17) is 65.5 Å². The van der Waals surface area contributed by atoms with Crippen molar-refractivity contribution in [3.8, 4) is 11.5 Å². The van der Waals surface area contributed by atoms with Gasteiger partial charge < -0.3 is 19.0 Å². The van der Waals surface area contributed by atoms with Crippen molar-refractivity contribution >= 4 is 52.6 Å². The maximum Gasteiger partial charge on any atom is 0.156 e. The summed E-state index contributed by atoms with van der Waals surface area (Å²) in [6, 6.07) is 13.1. The fourth-order valence-corrected chi connectivity index (χ4v) is 3.22. The second-order valence-corrected chi connectivity index (χ2v) is 8.37. The van der Waals surface area contributed by atoms with Gasteiger partial charge in [-0.05, 0) is 30.9 Å². The first kappa shape index (κ1) is 26.6. The Morgan fingerprint density at radius 3 is 2.31 bits per heavy atom. The summed E-state index contributed by atoms with van der Waals surface area (Å²) in [5.74, 6) is 0.943. The second kappa shape index (κ2) is 16.1. The van der Waals surface area contributed by atoms with E-state index in [1.807, 2.05) is 30.3 Å². The summed E-state index contributed by atoms with van der Waals surface area (Å²) in [5.41, 5.74) is 1.07. The molecule has 0 saturated heterocycles. The minimum absolute atomic E-state index is 0.133. The van der Waals surface area contributed by atoms with E-state index >= 15 is 0 Å². The average molecular weight is 521 g/mol. The number of halogens is 4. The predicted octanol–water partition coefficient (Wildman–Crippen LogP) is 7.46. The number of ether oxygens (including phenoxy) is 3. The van der Waals surface area contributed by atoms with Gasteiger partial charge in [0.05, 0.1) is 29.5 Å². The summed E-state index contributed by atoms with van der Waals surface area (Å²) in [6.45, 7) is 2.21. The Labute approximate surface area is 208 Å². The smallest absolute Gasteiger partial charge is 0.156 e. The first-order valence-corrected chi connectivity index (χ1v) is 11.6. The molecular weight excluding hydrogens is 496 g/mol. The van der Waals surface area contributed by atoms with Gasteiger partial charge in [-0.3, -0.25) is 0 Å². The molecule has 0 heterocycles. The molecule has 0 aromatic heterocycles. The highest BCUT2D eigenvalue weighted by atomic mass is 35.5. The molecule has 5 nitrogen and oxygen atoms in total. The molecule has 0 atom stereocenters. The van der Waals surface area contributed by atoms with Crippen LogP contribution < -0.4 is 9.47 Å². The third-order valence-electron chi connectivity index (χ3n) is 4.05. The zero-order valence-electron chi connectivity index (χ0n) is 17.4. The lowest BCUT2D eigenvalue weighted by molar-refractivity contribution is 0.124. The van der Waals surface area contributed by atoms with Gasteiger partial charge in [-0.2, -0.15) is 0 Å². The van der Waals surface area contributed by atoms with E-state index < -0.39 is 0 Å². The highest BCUT2D eigenvalue weighted by molar-refractivity contribution is 6.55. The fourth-order valence-electron chi connectivity index (χ4n) is 2.52. The molecule has 0 saturated carbocycles. The molecule has 0 unspecified atom stereocenters. The maximum absolute atomic E-state index is 6.24. The van der Waals surface area contributed by atoms with Gasteiger partial charge in [0, 0.05) is 18.7 Å².